The maximum atomic E-state index is 12.0. The molecule has 1 N–H and O–H groups in total. The first-order chi connectivity index (χ1) is 10.3. The molecule has 0 radical (unpaired) electrons. The predicted molar refractivity (Wildman–Crippen MR) is 89.6 cm³/mol. The summed E-state index contributed by atoms with van der Waals surface area (Å²) in [6.45, 7) is 0.566. The van der Waals surface area contributed by atoms with Gasteiger partial charge in [-0.25, -0.2) is 0 Å². The molecule has 1 amide bonds. The van der Waals surface area contributed by atoms with Gasteiger partial charge in [-0.15, -0.1) is 11.3 Å². The van der Waals surface area contributed by atoms with Gasteiger partial charge in [-0.05, 0) is 45.0 Å². The van der Waals surface area contributed by atoms with Crippen molar-refractivity contribution in [2.45, 2.75) is 13.0 Å². The van der Waals surface area contributed by atoms with Crippen LogP contribution < -0.4 is 5.32 Å². The minimum atomic E-state index is 0.0672. The van der Waals surface area contributed by atoms with Crippen LogP contribution in [0.3, 0.4) is 0 Å². The van der Waals surface area contributed by atoms with E-state index in [2.05, 4.69) is 34.3 Å². The van der Waals surface area contributed by atoms with Crippen molar-refractivity contribution in [2.75, 3.05) is 0 Å². The number of hydrogen-bond acceptors (Lipinski definition) is 3. The third-order valence-corrected chi connectivity index (χ3v) is 4.80. The molecular weight excluding hydrogens is 298 g/mol. The molecule has 0 aliphatic rings. The fraction of sp³-hybridized carbons (Fsp3) is 0.118. The topological polar surface area (TPSA) is 29.1 Å². The summed E-state index contributed by atoms with van der Waals surface area (Å²) in [5, 5.41) is 9.21. The maximum Gasteiger partial charge on any atom is 0.225 e. The Morgan fingerprint density at radius 3 is 2.71 bits per heavy atom. The van der Waals surface area contributed by atoms with Crippen LogP contribution in [-0.4, -0.2) is 5.91 Å². The molecule has 0 saturated heterocycles. The van der Waals surface area contributed by atoms with Gasteiger partial charge in [-0.1, -0.05) is 30.3 Å². The molecule has 4 heteroatoms. The van der Waals surface area contributed by atoms with E-state index in [1.165, 1.54) is 11.1 Å². The van der Waals surface area contributed by atoms with Crippen molar-refractivity contribution in [3.05, 3.63) is 69.0 Å². The highest BCUT2D eigenvalue weighted by Crippen LogP contribution is 2.25. The van der Waals surface area contributed by atoms with E-state index in [1.807, 2.05) is 29.6 Å². The Bertz CT molecular complexity index is 702. The molecule has 2 nitrogen and oxygen atoms in total. The van der Waals surface area contributed by atoms with Gasteiger partial charge in [-0.2, -0.15) is 11.3 Å². The highest BCUT2D eigenvalue weighted by molar-refractivity contribution is 7.10. The predicted octanol–water partition coefficient (Wildman–Crippen LogP) is 4.34. The van der Waals surface area contributed by atoms with Gasteiger partial charge in [0, 0.05) is 11.4 Å². The van der Waals surface area contributed by atoms with Crippen LogP contribution in [0.4, 0.5) is 0 Å². The van der Waals surface area contributed by atoms with E-state index >= 15 is 0 Å². The maximum absolute atomic E-state index is 12.0. The largest absolute Gasteiger partial charge is 0.352 e. The number of nitrogens with one attached hydrogen (secondary N) is 1. The van der Waals surface area contributed by atoms with Crippen LogP contribution in [0.25, 0.3) is 11.1 Å². The summed E-state index contributed by atoms with van der Waals surface area (Å²) in [7, 11) is 0. The summed E-state index contributed by atoms with van der Waals surface area (Å²) in [5.74, 6) is 0.0672. The molecule has 2 heterocycles. The normalized spacial score (nSPS) is 10.5. The molecule has 0 aliphatic carbocycles. The smallest absolute Gasteiger partial charge is 0.225 e. The monoisotopic (exact) mass is 313 g/mol. The standard InChI is InChI=1S/C17H15NOS2/c19-17(10-15-5-3-8-21-15)18-11-13-4-1-2-6-16(13)14-7-9-20-12-14/h1-9,12H,10-11H2,(H,18,19). The Balaban J connectivity index is 1.67. The van der Waals surface area contributed by atoms with E-state index < -0.39 is 0 Å². The summed E-state index contributed by atoms with van der Waals surface area (Å²) in [5.41, 5.74) is 3.55. The van der Waals surface area contributed by atoms with Crippen LogP contribution in [0, 0.1) is 0 Å². The van der Waals surface area contributed by atoms with E-state index in [1.54, 1.807) is 22.7 Å². The van der Waals surface area contributed by atoms with Crippen LogP contribution >= 0.6 is 22.7 Å². The lowest BCUT2D eigenvalue weighted by Crippen LogP contribution is -2.24. The SMILES string of the molecule is O=C(Cc1cccs1)NCc1ccccc1-c1ccsc1. The molecule has 1 aromatic carbocycles. The number of amides is 1. The Morgan fingerprint density at radius 2 is 1.95 bits per heavy atom. The molecule has 0 aliphatic heterocycles. The van der Waals surface area contributed by atoms with Crippen LogP contribution in [0.1, 0.15) is 10.4 Å². The Hall–Kier alpha value is -1.91. The van der Waals surface area contributed by atoms with Crippen molar-refractivity contribution >= 4 is 28.6 Å². The summed E-state index contributed by atoms with van der Waals surface area (Å²) >= 11 is 3.30. The molecule has 0 spiro atoms. The Kier molecular flexibility index (Phi) is 4.48. The van der Waals surface area contributed by atoms with Gasteiger partial charge in [0.05, 0.1) is 6.42 Å². The Labute approximate surface area is 132 Å². The van der Waals surface area contributed by atoms with Crippen LogP contribution in [0.5, 0.6) is 0 Å². The minimum absolute atomic E-state index is 0.0672. The lowest BCUT2D eigenvalue weighted by molar-refractivity contribution is -0.120. The lowest BCUT2D eigenvalue weighted by Gasteiger charge is -2.09. The average molecular weight is 313 g/mol. The first-order valence-electron chi connectivity index (χ1n) is 6.72. The molecule has 0 unspecified atom stereocenters. The average Bonchev–Trinajstić information content (AvgIpc) is 3.18. The number of carbonyl (C=O) groups excluding carboxylic acids is 1. The second-order valence-electron chi connectivity index (χ2n) is 4.70. The summed E-state index contributed by atoms with van der Waals surface area (Å²) in [6.07, 6.45) is 0.457. The van der Waals surface area contributed by atoms with Crippen molar-refractivity contribution in [2.24, 2.45) is 0 Å². The molecule has 3 aromatic rings. The number of thiophene rings is 2. The van der Waals surface area contributed by atoms with Crippen LogP contribution in [0.2, 0.25) is 0 Å². The molecule has 0 atom stereocenters. The van der Waals surface area contributed by atoms with E-state index in [9.17, 15) is 4.79 Å². The van der Waals surface area contributed by atoms with Gasteiger partial charge >= 0.3 is 0 Å². The summed E-state index contributed by atoms with van der Waals surface area (Å²) in [4.78, 5) is 13.1. The highest BCUT2D eigenvalue weighted by atomic mass is 32.1. The van der Waals surface area contributed by atoms with E-state index in [0.717, 1.165) is 10.4 Å². The molecule has 0 fully saturated rings. The lowest BCUT2D eigenvalue weighted by atomic mass is 10.0. The van der Waals surface area contributed by atoms with Crippen molar-refractivity contribution < 1.29 is 4.79 Å². The van der Waals surface area contributed by atoms with Gasteiger partial charge in [0.2, 0.25) is 5.91 Å². The summed E-state index contributed by atoms with van der Waals surface area (Å²) in [6, 6.07) is 14.3. The van der Waals surface area contributed by atoms with E-state index in [4.69, 9.17) is 0 Å². The van der Waals surface area contributed by atoms with Gasteiger partial charge in [0.1, 0.15) is 0 Å². The van der Waals surface area contributed by atoms with Gasteiger partial charge in [0.15, 0.2) is 0 Å². The zero-order valence-corrected chi connectivity index (χ0v) is 13.0. The zero-order valence-electron chi connectivity index (χ0n) is 11.4. The third kappa shape index (κ3) is 3.60. The van der Waals surface area contributed by atoms with Crippen molar-refractivity contribution in [1.82, 2.24) is 5.32 Å². The molecule has 3 rings (SSSR count). The second kappa shape index (κ2) is 6.70. The fourth-order valence-corrected chi connectivity index (χ4v) is 3.56. The van der Waals surface area contributed by atoms with E-state index in [-0.39, 0.29) is 5.91 Å². The third-order valence-electron chi connectivity index (χ3n) is 3.24. The molecule has 0 saturated carbocycles. The fourth-order valence-electron chi connectivity index (χ4n) is 2.20. The quantitative estimate of drug-likeness (QED) is 0.746. The van der Waals surface area contributed by atoms with Crippen LogP contribution in [-0.2, 0) is 17.8 Å². The first kappa shape index (κ1) is 14.0. The van der Waals surface area contributed by atoms with Gasteiger partial charge < -0.3 is 5.32 Å². The minimum Gasteiger partial charge on any atom is -0.352 e. The number of benzene rings is 1. The molecule has 0 bridgehead atoms. The number of hydrogen-bond donors (Lipinski definition) is 1. The zero-order chi connectivity index (χ0) is 14.5. The Morgan fingerprint density at radius 1 is 1.05 bits per heavy atom. The number of carbonyl (C=O) groups is 1. The first-order valence-corrected chi connectivity index (χ1v) is 8.55. The van der Waals surface area contributed by atoms with Crippen molar-refractivity contribution in [3.8, 4) is 11.1 Å². The molecule has 21 heavy (non-hydrogen) atoms. The molecule has 106 valence electrons. The number of rotatable bonds is 5. The van der Waals surface area contributed by atoms with Gasteiger partial charge in [0.25, 0.3) is 0 Å². The van der Waals surface area contributed by atoms with Crippen LogP contribution in [0.15, 0.2) is 58.6 Å². The highest BCUT2D eigenvalue weighted by Gasteiger charge is 2.08. The van der Waals surface area contributed by atoms with E-state index in [0.29, 0.717) is 13.0 Å². The van der Waals surface area contributed by atoms with Crippen molar-refractivity contribution in [1.29, 1.82) is 0 Å². The molecule has 2 aromatic heterocycles. The summed E-state index contributed by atoms with van der Waals surface area (Å²) < 4.78 is 0. The van der Waals surface area contributed by atoms with Crippen molar-refractivity contribution in [3.63, 3.8) is 0 Å². The molecular formula is C17H15NOS2. The van der Waals surface area contributed by atoms with Gasteiger partial charge in [-0.3, -0.25) is 4.79 Å². The second-order valence-corrected chi connectivity index (χ2v) is 6.51.